The van der Waals surface area contributed by atoms with E-state index in [2.05, 4.69) is 9.88 Å². The number of benzene rings is 1. The van der Waals surface area contributed by atoms with E-state index < -0.39 is 10.0 Å². The summed E-state index contributed by atoms with van der Waals surface area (Å²) in [6, 6.07) is 6.27. The molecule has 0 amide bonds. The molecule has 0 radical (unpaired) electrons. The standard InChI is InChI=1S/C16H18N2O4S/c1-4-23(20,21)18-14-7-5-13(6-8-14)16(19)10-9-15-11(2)17-22-12(15)3/h5-10,18H,4H2,1-3H3/b10-9+. The summed E-state index contributed by atoms with van der Waals surface area (Å²) in [7, 11) is -3.32. The number of aryl methyl sites for hydroxylation is 2. The van der Waals surface area contributed by atoms with Crippen LogP contribution in [-0.2, 0) is 10.0 Å². The van der Waals surface area contributed by atoms with Gasteiger partial charge in [0.1, 0.15) is 5.76 Å². The van der Waals surface area contributed by atoms with Gasteiger partial charge in [0, 0.05) is 16.8 Å². The molecule has 2 rings (SSSR count). The maximum atomic E-state index is 12.1. The second-order valence-corrected chi connectivity index (χ2v) is 7.03. The van der Waals surface area contributed by atoms with Crippen LogP contribution in [0.25, 0.3) is 6.08 Å². The average Bonchev–Trinajstić information content (AvgIpc) is 2.84. The minimum atomic E-state index is -3.32. The van der Waals surface area contributed by atoms with Crippen molar-refractivity contribution in [2.24, 2.45) is 0 Å². The SMILES string of the molecule is CCS(=O)(=O)Nc1ccc(C(=O)/C=C/c2c(C)noc2C)cc1. The molecule has 1 aromatic carbocycles. The predicted molar refractivity (Wildman–Crippen MR) is 88.9 cm³/mol. The van der Waals surface area contributed by atoms with E-state index >= 15 is 0 Å². The highest BCUT2D eigenvalue weighted by atomic mass is 32.2. The third-order valence-electron chi connectivity index (χ3n) is 3.31. The average molecular weight is 334 g/mol. The van der Waals surface area contributed by atoms with E-state index in [1.807, 2.05) is 0 Å². The molecule has 0 saturated heterocycles. The van der Waals surface area contributed by atoms with Gasteiger partial charge in [0.2, 0.25) is 10.0 Å². The Bertz CT molecular complexity index is 814. The van der Waals surface area contributed by atoms with Gasteiger partial charge >= 0.3 is 0 Å². The number of hydrogen-bond donors (Lipinski definition) is 1. The molecule has 7 heteroatoms. The van der Waals surface area contributed by atoms with Crippen molar-refractivity contribution in [2.45, 2.75) is 20.8 Å². The summed E-state index contributed by atoms with van der Waals surface area (Å²) >= 11 is 0. The Morgan fingerprint density at radius 2 is 1.91 bits per heavy atom. The number of anilines is 1. The molecular formula is C16H18N2O4S. The van der Waals surface area contributed by atoms with Crippen LogP contribution in [0.4, 0.5) is 5.69 Å². The minimum absolute atomic E-state index is 0.00609. The number of aromatic nitrogens is 1. The molecule has 1 aromatic heterocycles. The Labute approximate surface area is 135 Å². The molecule has 2 aromatic rings. The molecule has 0 unspecified atom stereocenters. The fourth-order valence-electron chi connectivity index (χ4n) is 1.94. The van der Waals surface area contributed by atoms with Crippen LogP contribution < -0.4 is 4.72 Å². The van der Waals surface area contributed by atoms with Crippen molar-refractivity contribution >= 4 is 27.6 Å². The van der Waals surface area contributed by atoms with Gasteiger partial charge in [-0.25, -0.2) is 8.42 Å². The lowest BCUT2D eigenvalue weighted by Gasteiger charge is -2.06. The van der Waals surface area contributed by atoms with Gasteiger partial charge in [-0.1, -0.05) is 5.16 Å². The van der Waals surface area contributed by atoms with Gasteiger partial charge in [-0.05, 0) is 57.2 Å². The molecule has 1 heterocycles. The van der Waals surface area contributed by atoms with Gasteiger partial charge in [0.25, 0.3) is 0 Å². The number of nitrogens with zero attached hydrogens (tertiary/aromatic N) is 1. The predicted octanol–water partition coefficient (Wildman–Crippen LogP) is 2.95. The third kappa shape index (κ3) is 4.29. The topological polar surface area (TPSA) is 89.3 Å². The van der Waals surface area contributed by atoms with Crippen molar-refractivity contribution in [2.75, 3.05) is 10.5 Å². The second kappa shape index (κ2) is 6.78. The Hall–Kier alpha value is -2.41. The number of allylic oxidation sites excluding steroid dienone is 1. The van der Waals surface area contributed by atoms with Crippen molar-refractivity contribution in [1.29, 1.82) is 0 Å². The zero-order chi connectivity index (χ0) is 17.0. The highest BCUT2D eigenvalue weighted by molar-refractivity contribution is 7.92. The summed E-state index contributed by atoms with van der Waals surface area (Å²) in [5.74, 6) is 0.458. The highest BCUT2D eigenvalue weighted by Gasteiger charge is 2.09. The molecule has 23 heavy (non-hydrogen) atoms. The Morgan fingerprint density at radius 1 is 1.26 bits per heavy atom. The van der Waals surface area contributed by atoms with Gasteiger partial charge in [-0.3, -0.25) is 9.52 Å². The fraction of sp³-hybridized carbons (Fsp3) is 0.250. The molecular weight excluding hydrogens is 316 g/mol. The lowest BCUT2D eigenvalue weighted by Crippen LogP contribution is -2.14. The van der Waals surface area contributed by atoms with Crippen LogP contribution in [0.5, 0.6) is 0 Å². The lowest BCUT2D eigenvalue weighted by atomic mass is 10.1. The number of sulfonamides is 1. The summed E-state index contributed by atoms with van der Waals surface area (Å²) in [6.45, 7) is 5.13. The normalized spacial score (nSPS) is 11.8. The van der Waals surface area contributed by atoms with Gasteiger partial charge < -0.3 is 4.52 Å². The zero-order valence-electron chi connectivity index (χ0n) is 13.2. The Morgan fingerprint density at radius 3 is 2.43 bits per heavy atom. The Kier molecular flexibility index (Phi) is 5.00. The van der Waals surface area contributed by atoms with Crippen LogP contribution in [0.15, 0.2) is 34.9 Å². The molecule has 122 valence electrons. The van der Waals surface area contributed by atoms with Gasteiger partial charge in [-0.2, -0.15) is 0 Å². The number of nitrogens with one attached hydrogen (secondary N) is 1. The van der Waals surface area contributed by atoms with Crippen molar-refractivity contribution in [3.63, 3.8) is 0 Å². The number of ketones is 1. The molecule has 0 bridgehead atoms. The van der Waals surface area contributed by atoms with E-state index in [9.17, 15) is 13.2 Å². The third-order valence-corrected chi connectivity index (χ3v) is 4.62. The zero-order valence-corrected chi connectivity index (χ0v) is 14.0. The first-order valence-electron chi connectivity index (χ1n) is 7.08. The van der Waals surface area contributed by atoms with Crippen LogP contribution in [0.2, 0.25) is 0 Å². The summed E-state index contributed by atoms with van der Waals surface area (Å²) < 4.78 is 30.4. The summed E-state index contributed by atoms with van der Waals surface area (Å²) in [6.07, 6.45) is 3.11. The van der Waals surface area contributed by atoms with Crippen LogP contribution >= 0.6 is 0 Å². The first-order valence-corrected chi connectivity index (χ1v) is 8.73. The monoisotopic (exact) mass is 334 g/mol. The van der Waals surface area contributed by atoms with E-state index in [-0.39, 0.29) is 11.5 Å². The van der Waals surface area contributed by atoms with Crippen LogP contribution in [-0.4, -0.2) is 25.1 Å². The van der Waals surface area contributed by atoms with Crippen molar-refractivity contribution < 1.29 is 17.7 Å². The fourth-order valence-corrected chi connectivity index (χ4v) is 2.58. The lowest BCUT2D eigenvalue weighted by molar-refractivity contribution is 0.104. The first-order chi connectivity index (χ1) is 10.8. The molecule has 0 aliphatic carbocycles. The molecule has 0 aliphatic rings. The van der Waals surface area contributed by atoms with E-state index in [0.29, 0.717) is 17.0 Å². The molecule has 0 atom stereocenters. The van der Waals surface area contributed by atoms with E-state index in [4.69, 9.17) is 4.52 Å². The van der Waals surface area contributed by atoms with E-state index in [1.165, 1.54) is 6.08 Å². The molecule has 0 fully saturated rings. The second-order valence-electron chi connectivity index (χ2n) is 5.02. The largest absolute Gasteiger partial charge is 0.361 e. The minimum Gasteiger partial charge on any atom is -0.361 e. The van der Waals surface area contributed by atoms with Crippen molar-refractivity contribution in [1.82, 2.24) is 5.16 Å². The molecule has 6 nitrogen and oxygen atoms in total. The summed E-state index contributed by atoms with van der Waals surface area (Å²) in [5.41, 5.74) is 2.40. The van der Waals surface area contributed by atoms with E-state index in [1.54, 1.807) is 51.1 Å². The Balaban J connectivity index is 2.12. The number of carbonyl (C=O) groups excluding carboxylic acids is 1. The van der Waals surface area contributed by atoms with Crippen LogP contribution in [0.3, 0.4) is 0 Å². The van der Waals surface area contributed by atoms with Crippen LogP contribution in [0.1, 0.15) is 34.3 Å². The maximum Gasteiger partial charge on any atom is 0.232 e. The van der Waals surface area contributed by atoms with Crippen molar-refractivity contribution in [3.8, 4) is 0 Å². The molecule has 1 N–H and O–H groups in total. The molecule has 0 aliphatic heterocycles. The quantitative estimate of drug-likeness (QED) is 0.648. The number of hydrogen-bond acceptors (Lipinski definition) is 5. The van der Waals surface area contributed by atoms with Crippen molar-refractivity contribution in [3.05, 3.63) is 52.9 Å². The summed E-state index contributed by atoms with van der Waals surface area (Å²) in [4.78, 5) is 12.1. The molecule has 0 spiro atoms. The first kappa shape index (κ1) is 17.0. The van der Waals surface area contributed by atoms with E-state index in [0.717, 1.165) is 11.3 Å². The van der Waals surface area contributed by atoms with Crippen LogP contribution in [0, 0.1) is 13.8 Å². The van der Waals surface area contributed by atoms with Gasteiger partial charge in [-0.15, -0.1) is 0 Å². The van der Waals surface area contributed by atoms with Gasteiger partial charge in [0.05, 0.1) is 11.4 Å². The number of rotatable bonds is 6. The molecule has 0 saturated carbocycles. The summed E-state index contributed by atoms with van der Waals surface area (Å²) in [5, 5.41) is 3.82. The van der Waals surface area contributed by atoms with Gasteiger partial charge in [0.15, 0.2) is 5.78 Å². The number of carbonyl (C=O) groups is 1. The highest BCUT2D eigenvalue weighted by Crippen LogP contribution is 2.16. The smallest absolute Gasteiger partial charge is 0.232 e. The maximum absolute atomic E-state index is 12.1.